The zero-order valence-electron chi connectivity index (χ0n) is 10.5. The topological polar surface area (TPSA) is 67.9 Å². The van der Waals surface area contributed by atoms with Gasteiger partial charge in [0.15, 0.2) is 5.96 Å². The number of ether oxygens (including phenoxy) is 1. The number of aliphatic imine (C=N–C) groups is 1. The second kappa shape index (κ2) is 9.00. The first kappa shape index (κ1) is 14.7. The van der Waals surface area contributed by atoms with E-state index >= 15 is 0 Å². The van der Waals surface area contributed by atoms with Gasteiger partial charge in [-0.2, -0.15) is 0 Å². The predicted molar refractivity (Wildman–Crippen MR) is 65.3 cm³/mol. The number of hydrogen-bond donors (Lipinski definition) is 1. The van der Waals surface area contributed by atoms with Crippen LogP contribution >= 0.6 is 0 Å². The molecular formula is C11H23N3O2. The van der Waals surface area contributed by atoms with E-state index in [2.05, 4.69) is 4.99 Å². The molecule has 0 saturated heterocycles. The zero-order valence-corrected chi connectivity index (χ0v) is 10.5. The van der Waals surface area contributed by atoms with Crippen molar-refractivity contribution >= 4 is 11.9 Å². The normalized spacial score (nSPS) is 11.3. The number of esters is 1. The van der Waals surface area contributed by atoms with Crippen LogP contribution in [0.1, 0.15) is 33.6 Å². The van der Waals surface area contributed by atoms with Gasteiger partial charge < -0.3 is 15.4 Å². The summed E-state index contributed by atoms with van der Waals surface area (Å²) in [4.78, 5) is 17.2. The van der Waals surface area contributed by atoms with Crippen molar-refractivity contribution in [3.63, 3.8) is 0 Å². The number of carbonyl (C=O) groups excluding carboxylic acids is 1. The second-order valence-corrected chi connectivity index (χ2v) is 3.32. The molecular weight excluding hydrogens is 206 g/mol. The van der Waals surface area contributed by atoms with Gasteiger partial charge in [-0.25, -0.2) is 0 Å². The van der Waals surface area contributed by atoms with Crippen molar-refractivity contribution < 1.29 is 9.53 Å². The molecule has 0 aromatic heterocycles. The van der Waals surface area contributed by atoms with Crippen LogP contribution in [-0.2, 0) is 9.53 Å². The molecule has 0 fully saturated rings. The van der Waals surface area contributed by atoms with E-state index in [4.69, 9.17) is 10.5 Å². The van der Waals surface area contributed by atoms with Gasteiger partial charge in [0.25, 0.3) is 0 Å². The van der Waals surface area contributed by atoms with E-state index in [-0.39, 0.29) is 5.97 Å². The standard InChI is InChI=1S/C11H23N3O2/c1-4-14(5-2)11(12)13-9-7-8-10(15)16-6-3/h4-9H2,1-3H3,(H2,12,13). The van der Waals surface area contributed by atoms with E-state index in [1.54, 1.807) is 6.92 Å². The molecule has 0 radical (unpaired) electrons. The maximum absolute atomic E-state index is 11.0. The van der Waals surface area contributed by atoms with Crippen LogP contribution in [0.2, 0.25) is 0 Å². The first-order valence-corrected chi connectivity index (χ1v) is 5.86. The Hall–Kier alpha value is -1.26. The number of guanidine groups is 1. The summed E-state index contributed by atoms with van der Waals surface area (Å²) in [5, 5.41) is 0. The predicted octanol–water partition coefficient (Wildman–Crippen LogP) is 0.986. The van der Waals surface area contributed by atoms with Crippen molar-refractivity contribution in [2.24, 2.45) is 10.7 Å². The molecule has 0 heterocycles. The summed E-state index contributed by atoms with van der Waals surface area (Å²) in [7, 11) is 0. The summed E-state index contributed by atoms with van der Waals surface area (Å²) in [6, 6.07) is 0. The van der Waals surface area contributed by atoms with Crippen molar-refractivity contribution in [1.82, 2.24) is 4.90 Å². The molecule has 0 aliphatic carbocycles. The smallest absolute Gasteiger partial charge is 0.305 e. The highest BCUT2D eigenvalue weighted by Gasteiger charge is 2.03. The summed E-state index contributed by atoms with van der Waals surface area (Å²) < 4.78 is 4.81. The lowest BCUT2D eigenvalue weighted by Gasteiger charge is -2.19. The van der Waals surface area contributed by atoms with Crippen LogP contribution in [0, 0.1) is 0 Å². The minimum absolute atomic E-state index is 0.167. The van der Waals surface area contributed by atoms with Crippen LogP contribution in [0.3, 0.4) is 0 Å². The van der Waals surface area contributed by atoms with Gasteiger partial charge in [0.05, 0.1) is 6.61 Å². The molecule has 0 amide bonds. The van der Waals surface area contributed by atoms with Crippen molar-refractivity contribution in [3.8, 4) is 0 Å². The molecule has 0 aromatic rings. The molecule has 0 rings (SSSR count). The highest BCUT2D eigenvalue weighted by Crippen LogP contribution is 1.94. The summed E-state index contributed by atoms with van der Waals surface area (Å²) in [6.45, 7) is 8.57. The maximum atomic E-state index is 11.0. The molecule has 0 aliphatic heterocycles. The lowest BCUT2D eigenvalue weighted by atomic mass is 10.3. The van der Waals surface area contributed by atoms with Gasteiger partial charge in [-0.15, -0.1) is 0 Å². The van der Waals surface area contributed by atoms with Crippen molar-refractivity contribution in [3.05, 3.63) is 0 Å². The maximum Gasteiger partial charge on any atom is 0.305 e. The van der Waals surface area contributed by atoms with Gasteiger partial charge in [0.2, 0.25) is 0 Å². The largest absolute Gasteiger partial charge is 0.466 e. The van der Waals surface area contributed by atoms with Crippen LogP contribution in [0.25, 0.3) is 0 Å². The summed E-state index contributed by atoms with van der Waals surface area (Å²) in [5.41, 5.74) is 5.77. The van der Waals surface area contributed by atoms with Crippen molar-refractivity contribution in [2.45, 2.75) is 33.6 Å². The monoisotopic (exact) mass is 229 g/mol. The van der Waals surface area contributed by atoms with Crippen LogP contribution < -0.4 is 5.73 Å². The quantitative estimate of drug-likeness (QED) is 0.306. The van der Waals surface area contributed by atoms with Gasteiger partial charge >= 0.3 is 5.97 Å². The molecule has 2 N–H and O–H groups in total. The average molecular weight is 229 g/mol. The molecule has 16 heavy (non-hydrogen) atoms. The first-order chi connectivity index (χ1) is 7.65. The van der Waals surface area contributed by atoms with E-state index in [1.165, 1.54) is 0 Å². The fourth-order valence-corrected chi connectivity index (χ4v) is 1.30. The SMILES string of the molecule is CCOC(=O)CCCN=C(N)N(CC)CC. The Labute approximate surface area is 97.7 Å². The van der Waals surface area contributed by atoms with E-state index < -0.39 is 0 Å². The highest BCUT2D eigenvalue weighted by molar-refractivity contribution is 5.78. The Morgan fingerprint density at radius 2 is 1.94 bits per heavy atom. The van der Waals surface area contributed by atoms with Gasteiger partial charge in [-0.3, -0.25) is 9.79 Å². The number of hydrogen-bond acceptors (Lipinski definition) is 3. The van der Waals surface area contributed by atoms with Gasteiger partial charge in [0.1, 0.15) is 0 Å². The van der Waals surface area contributed by atoms with Crippen LogP contribution in [-0.4, -0.2) is 43.1 Å². The molecule has 0 bridgehead atoms. The minimum Gasteiger partial charge on any atom is -0.466 e. The molecule has 5 nitrogen and oxygen atoms in total. The van der Waals surface area contributed by atoms with Gasteiger partial charge in [0, 0.05) is 26.1 Å². The lowest BCUT2D eigenvalue weighted by molar-refractivity contribution is -0.143. The van der Waals surface area contributed by atoms with E-state index in [1.807, 2.05) is 18.7 Å². The zero-order chi connectivity index (χ0) is 12.4. The highest BCUT2D eigenvalue weighted by atomic mass is 16.5. The number of rotatable bonds is 7. The van der Waals surface area contributed by atoms with Crippen LogP contribution in [0.15, 0.2) is 4.99 Å². The van der Waals surface area contributed by atoms with Crippen molar-refractivity contribution in [2.75, 3.05) is 26.2 Å². The molecule has 5 heteroatoms. The lowest BCUT2D eigenvalue weighted by Crippen LogP contribution is -2.37. The third-order valence-corrected chi connectivity index (χ3v) is 2.21. The molecule has 0 saturated carbocycles. The Morgan fingerprint density at radius 3 is 2.44 bits per heavy atom. The molecule has 0 aromatic carbocycles. The van der Waals surface area contributed by atoms with Gasteiger partial charge in [-0.1, -0.05) is 0 Å². The Balaban J connectivity index is 3.78. The average Bonchev–Trinajstić information content (AvgIpc) is 2.26. The van der Waals surface area contributed by atoms with E-state index in [0.29, 0.717) is 32.0 Å². The Kier molecular flexibility index (Phi) is 8.29. The molecule has 94 valence electrons. The number of nitrogens with zero attached hydrogens (tertiary/aromatic N) is 2. The summed E-state index contributed by atoms with van der Waals surface area (Å²) in [6.07, 6.45) is 1.09. The first-order valence-electron chi connectivity index (χ1n) is 5.86. The van der Waals surface area contributed by atoms with Gasteiger partial charge in [-0.05, 0) is 27.2 Å². The molecule has 0 spiro atoms. The third-order valence-electron chi connectivity index (χ3n) is 2.21. The second-order valence-electron chi connectivity index (χ2n) is 3.32. The van der Waals surface area contributed by atoms with Crippen LogP contribution in [0.4, 0.5) is 0 Å². The summed E-state index contributed by atoms with van der Waals surface area (Å²) in [5.74, 6) is 0.382. The fourth-order valence-electron chi connectivity index (χ4n) is 1.30. The fraction of sp³-hybridized carbons (Fsp3) is 0.818. The Bertz CT molecular complexity index is 225. The number of nitrogens with two attached hydrogens (primary N) is 1. The van der Waals surface area contributed by atoms with Crippen molar-refractivity contribution in [1.29, 1.82) is 0 Å². The van der Waals surface area contributed by atoms with E-state index in [0.717, 1.165) is 13.1 Å². The molecule has 0 aliphatic rings. The van der Waals surface area contributed by atoms with E-state index in [9.17, 15) is 4.79 Å². The third kappa shape index (κ3) is 6.27. The molecule has 0 unspecified atom stereocenters. The molecule has 0 atom stereocenters. The Morgan fingerprint density at radius 1 is 1.31 bits per heavy atom. The minimum atomic E-state index is -0.167. The number of carbonyl (C=O) groups is 1. The van der Waals surface area contributed by atoms with Crippen LogP contribution in [0.5, 0.6) is 0 Å². The summed E-state index contributed by atoms with van der Waals surface area (Å²) >= 11 is 0.